The highest BCUT2D eigenvalue weighted by atomic mass is 32.2. The fourth-order valence-electron chi connectivity index (χ4n) is 1.59. The average molecular weight is 286 g/mol. The number of rotatable bonds is 5. The van der Waals surface area contributed by atoms with Crippen LogP contribution in [0.1, 0.15) is 12.5 Å². The van der Waals surface area contributed by atoms with Crippen LogP contribution < -0.4 is 5.32 Å². The molecule has 0 aliphatic carbocycles. The van der Waals surface area contributed by atoms with Gasteiger partial charge in [0.15, 0.2) is 5.11 Å². The molecule has 2 rings (SSSR count). The summed E-state index contributed by atoms with van der Waals surface area (Å²) in [6.45, 7) is 2.54. The van der Waals surface area contributed by atoms with E-state index in [0.29, 0.717) is 11.7 Å². The molecule has 0 aromatic carbocycles. The lowest BCUT2D eigenvalue weighted by molar-refractivity contribution is -0.126. The van der Waals surface area contributed by atoms with Crippen molar-refractivity contribution in [3.05, 3.63) is 22.4 Å². The molecular weight excluding hydrogens is 272 g/mol. The van der Waals surface area contributed by atoms with E-state index in [0.717, 1.165) is 11.5 Å². The average Bonchev–Trinajstić information content (AvgIpc) is 2.87. The van der Waals surface area contributed by atoms with Crippen LogP contribution in [0.15, 0.2) is 16.8 Å². The van der Waals surface area contributed by atoms with Crippen LogP contribution in [-0.2, 0) is 10.5 Å². The van der Waals surface area contributed by atoms with Crippen molar-refractivity contribution in [3.8, 4) is 0 Å². The molecule has 1 aliphatic rings. The molecule has 0 unspecified atom stereocenters. The summed E-state index contributed by atoms with van der Waals surface area (Å²) >= 11 is 8.65. The largest absolute Gasteiger partial charge is 0.351 e. The standard InChI is InChI=1S/C11H14N2OS3/c1-8-10(14)13(11(15)12-8)3-5-17-7-9-2-4-16-6-9/h2,4,6,8H,3,5,7H2,1H3,(H,12,15)/t8-/m1/s1. The van der Waals surface area contributed by atoms with Crippen molar-refractivity contribution in [3.63, 3.8) is 0 Å². The highest BCUT2D eigenvalue weighted by molar-refractivity contribution is 7.98. The first-order valence-electron chi connectivity index (χ1n) is 5.39. The minimum absolute atomic E-state index is 0.0890. The van der Waals surface area contributed by atoms with Gasteiger partial charge >= 0.3 is 0 Å². The van der Waals surface area contributed by atoms with E-state index in [1.165, 1.54) is 5.56 Å². The first-order valence-corrected chi connectivity index (χ1v) is 7.90. The van der Waals surface area contributed by atoms with Crippen molar-refractivity contribution in [2.75, 3.05) is 12.3 Å². The molecule has 1 N–H and O–H groups in total. The molecule has 1 saturated heterocycles. The molecule has 17 heavy (non-hydrogen) atoms. The van der Waals surface area contributed by atoms with Crippen molar-refractivity contribution in [1.82, 2.24) is 10.2 Å². The maximum absolute atomic E-state index is 11.7. The van der Waals surface area contributed by atoms with Crippen LogP contribution >= 0.6 is 35.3 Å². The van der Waals surface area contributed by atoms with Gasteiger partial charge in [-0.05, 0) is 41.5 Å². The first kappa shape index (κ1) is 12.9. The number of thioether (sulfide) groups is 1. The van der Waals surface area contributed by atoms with Crippen molar-refractivity contribution in [2.45, 2.75) is 18.7 Å². The Morgan fingerprint density at radius 1 is 1.65 bits per heavy atom. The topological polar surface area (TPSA) is 32.3 Å². The smallest absolute Gasteiger partial charge is 0.251 e. The van der Waals surface area contributed by atoms with Gasteiger partial charge in [-0.2, -0.15) is 23.1 Å². The molecule has 0 saturated carbocycles. The number of nitrogens with one attached hydrogen (secondary N) is 1. The van der Waals surface area contributed by atoms with E-state index in [9.17, 15) is 4.79 Å². The van der Waals surface area contributed by atoms with Crippen molar-refractivity contribution >= 4 is 46.3 Å². The van der Waals surface area contributed by atoms with Gasteiger partial charge in [0.05, 0.1) is 0 Å². The van der Waals surface area contributed by atoms with Crippen LogP contribution in [0.3, 0.4) is 0 Å². The first-order chi connectivity index (χ1) is 8.18. The number of nitrogens with zero attached hydrogens (tertiary/aromatic N) is 1. The molecule has 1 aromatic heterocycles. The van der Waals surface area contributed by atoms with Gasteiger partial charge in [-0.3, -0.25) is 9.69 Å². The third-order valence-electron chi connectivity index (χ3n) is 2.53. The van der Waals surface area contributed by atoms with E-state index in [1.54, 1.807) is 16.2 Å². The molecule has 3 nitrogen and oxygen atoms in total. The zero-order valence-electron chi connectivity index (χ0n) is 9.51. The van der Waals surface area contributed by atoms with Crippen molar-refractivity contribution in [2.24, 2.45) is 0 Å². The van der Waals surface area contributed by atoms with Gasteiger partial charge in [-0.15, -0.1) is 0 Å². The molecule has 0 bridgehead atoms. The predicted octanol–water partition coefficient (Wildman–Crippen LogP) is 2.09. The summed E-state index contributed by atoms with van der Waals surface area (Å²) in [6.07, 6.45) is 0. The number of carbonyl (C=O) groups is 1. The summed E-state index contributed by atoms with van der Waals surface area (Å²) in [6, 6.07) is 1.97. The summed E-state index contributed by atoms with van der Waals surface area (Å²) in [4.78, 5) is 13.4. The Labute approximate surface area is 115 Å². The molecule has 1 fully saturated rings. The van der Waals surface area contributed by atoms with E-state index < -0.39 is 0 Å². The van der Waals surface area contributed by atoms with Gasteiger partial charge in [0.1, 0.15) is 6.04 Å². The molecule has 1 atom stereocenters. The minimum atomic E-state index is -0.163. The Morgan fingerprint density at radius 3 is 3.06 bits per heavy atom. The lowest BCUT2D eigenvalue weighted by Gasteiger charge is -2.13. The lowest BCUT2D eigenvalue weighted by Crippen LogP contribution is -2.33. The van der Waals surface area contributed by atoms with Gasteiger partial charge in [0.2, 0.25) is 0 Å². The maximum Gasteiger partial charge on any atom is 0.251 e. The SMILES string of the molecule is C[C@H]1NC(=S)N(CCSCc2ccsc2)C1=O. The fourth-order valence-corrected chi connectivity index (χ4v) is 3.59. The summed E-state index contributed by atoms with van der Waals surface area (Å²) < 4.78 is 0. The third kappa shape index (κ3) is 3.20. The fraction of sp³-hybridized carbons (Fsp3) is 0.455. The zero-order chi connectivity index (χ0) is 12.3. The molecule has 1 aliphatic heterocycles. The Bertz CT molecular complexity index is 405. The summed E-state index contributed by atoms with van der Waals surface area (Å²) in [7, 11) is 0. The van der Waals surface area contributed by atoms with Gasteiger partial charge < -0.3 is 5.32 Å². The van der Waals surface area contributed by atoms with Crippen LogP contribution in [0, 0.1) is 0 Å². The Morgan fingerprint density at radius 2 is 2.47 bits per heavy atom. The van der Waals surface area contributed by atoms with Crippen LogP contribution in [-0.4, -0.2) is 34.3 Å². The summed E-state index contributed by atoms with van der Waals surface area (Å²) in [5.41, 5.74) is 1.35. The second-order valence-corrected chi connectivity index (χ2v) is 6.12. The van der Waals surface area contributed by atoms with Crippen molar-refractivity contribution in [1.29, 1.82) is 0 Å². The highest BCUT2D eigenvalue weighted by Gasteiger charge is 2.31. The number of hydrogen-bond donors (Lipinski definition) is 1. The monoisotopic (exact) mass is 286 g/mol. The number of amides is 1. The molecule has 1 aromatic rings. The number of thiocarbonyl (C=S) groups is 1. The molecular formula is C11H14N2OS3. The van der Waals surface area contributed by atoms with E-state index in [-0.39, 0.29) is 11.9 Å². The van der Waals surface area contributed by atoms with E-state index >= 15 is 0 Å². The quantitative estimate of drug-likeness (QED) is 0.663. The Kier molecular flexibility index (Phi) is 4.42. The molecule has 1 amide bonds. The van der Waals surface area contributed by atoms with E-state index in [4.69, 9.17) is 12.2 Å². The number of hydrogen-bond acceptors (Lipinski definition) is 4. The Hall–Kier alpha value is -0.590. The zero-order valence-corrected chi connectivity index (χ0v) is 12.0. The molecule has 92 valence electrons. The summed E-state index contributed by atoms with van der Waals surface area (Å²) in [5, 5.41) is 7.78. The van der Waals surface area contributed by atoms with Crippen LogP contribution in [0.5, 0.6) is 0 Å². The molecule has 0 spiro atoms. The summed E-state index contributed by atoms with van der Waals surface area (Å²) in [5.74, 6) is 2.00. The van der Waals surface area contributed by atoms with E-state index in [2.05, 4.69) is 22.1 Å². The third-order valence-corrected chi connectivity index (χ3v) is 4.61. The second kappa shape index (κ2) is 5.84. The second-order valence-electron chi connectivity index (χ2n) is 3.85. The molecule has 0 radical (unpaired) electrons. The van der Waals surface area contributed by atoms with Crippen LogP contribution in [0.25, 0.3) is 0 Å². The van der Waals surface area contributed by atoms with Gasteiger partial charge in [0, 0.05) is 18.1 Å². The van der Waals surface area contributed by atoms with Crippen molar-refractivity contribution < 1.29 is 4.79 Å². The predicted molar refractivity (Wildman–Crippen MR) is 77.4 cm³/mol. The normalized spacial score (nSPS) is 19.8. The van der Waals surface area contributed by atoms with Gasteiger partial charge in [-0.1, -0.05) is 0 Å². The Balaban J connectivity index is 1.72. The minimum Gasteiger partial charge on any atom is -0.351 e. The molecule has 2 heterocycles. The molecule has 6 heteroatoms. The highest BCUT2D eigenvalue weighted by Crippen LogP contribution is 2.16. The van der Waals surface area contributed by atoms with Crippen LogP contribution in [0.2, 0.25) is 0 Å². The lowest BCUT2D eigenvalue weighted by atomic mass is 10.3. The van der Waals surface area contributed by atoms with Crippen LogP contribution in [0.4, 0.5) is 0 Å². The van der Waals surface area contributed by atoms with Gasteiger partial charge in [-0.25, -0.2) is 0 Å². The number of carbonyl (C=O) groups excluding carboxylic acids is 1. The van der Waals surface area contributed by atoms with Gasteiger partial charge in [0.25, 0.3) is 5.91 Å². The van der Waals surface area contributed by atoms with E-state index in [1.807, 2.05) is 18.7 Å². The maximum atomic E-state index is 11.7. The number of thiophene rings is 1.